The van der Waals surface area contributed by atoms with Crippen molar-refractivity contribution in [1.82, 2.24) is 0 Å². The molecule has 0 aromatic rings. The molecule has 3 N–H and O–H groups in total. The summed E-state index contributed by atoms with van der Waals surface area (Å²) in [6.07, 6.45) is 3.59. The summed E-state index contributed by atoms with van der Waals surface area (Å²) in [6.45, 7) is 6.00. The molecule has 0 aromatic carbocycles. The van der Waals surface area contributed by atoms with Crippen LogP contribution in [0.25, 0.3) is 0 Å². The quantitative estimate of drug-likeness (QED) is 0.676. The van der Waals surface area contributed by atoms with Crippen molar-refractivity contribution in [1.29, 1.82) is 0 Å². The van der Waals surface area contributed by atoms with Crippen molar-refractivity contribution >= 4 is 12.2 Å². The topological polar surface area (TPSA) is 75.7 Å². The first-order chi connectivity index (χ1) is 6.38. The number of hydrogen-bond acceptors (Lipinski definition) is 3. The van der Waals surface area contributed by atoms with Crippen LogP contribution in [0.15, 0.2) is 16.9 Å². The number of hydrogen-bond donors (Lipinski definition) is 2. The van der Waals surface area contributed by atoms with Gasteiger partial charge in [0, 0.05) is 17.8 Å². The number of rotatable bonds is 4. The molecular formula is C10H18N2O2. The van der Waals surface area contributed by atoms with E-state index in [9.17, 15) is 4.79 Å². The Morgan fingerprint density at radius 3 is 2.43 bits per heavy atom. The van der Waals surface area contributed by atoms with Gasteiger partial charge in [0.15, 0.2) is 0 Å². The van der Waals surface area contributed by atoms with E-state index in [1.807, 2.05) is 20.8 Å². The van der Waals surface area contributed by atoms with E-state index in [1.54, 1.807) is 6.21 Å². The van der Waals surface area contributed by atoms with Crippen LogP contribution in [0.1, 0.15) is 33.6 Å². The van der Waals surface area contributed by atoms with Gasteiger partial charge in [0.2, 0.25) is 0 Å². The minimum Gasteiger partial charge on any atom is -0.481 e. The molecule has 0 amide bonds. The second kappa shape index (κ2) is 5.42. The maximum absolute atomic E-state index is 10.2. The third-order valence-corrected chi connectivity index (χ3v) is 1.64. The Morgan fingerprint density at radius 1 is 1.50 bits per heavy atom. The molecule has 0 atom stereocenters. The fourth-order valence-corrected chi connectivity index (χ4v) is 0.838. The van der Waals surface area contributed by atoms with E-state index in [1.165, 1.54) is 6.20 Å². The first kappa shape index (κ1) is 12.7. The van der Waals surface area contributed by atoms with E-state index in [2.05, 4.69) is 4.99 Å². The number of aliphatic carboxylic acids is 1. The van der Waals surface area contributed by atoms with Crippen LogP contribution < -0.4 is 5.73 Å². The molecule has 14 heavy (non-hydrogen) atoms. The van der Waals surface area contributed by atoms with Crippen molar-refractivity contribution in [3.8, 4) is 0 Å². The van der Waals surface area contributed by atoms with Gasteiger partial charge in [-0.3, -0.25) is 9.79 Å². The highest BCUT2D eigenvalue weighted by molar-refractivity contribution is 5.72. The summed E-state index contributed by atoms with van der Waals surface area (Å²) in [4.78, 5) is 14.3. The Labute approximate surface area is 84.5 Å². The molecule has 0 aromatic heterocycles. The molecule has 0 rings (SSSR count). The zero-order valence-electron chi connectivity index (χ0n) is 8.95. The summed E-state index contributed by atoms with van der Waals surface area (Å²) in [7, 11) is 0. The van der Waals surface area contributed by atoms with Gasteiger partial charge in [-0.15, -0.1) is 0 Å². The molecule has 80 valence electrons. The fourth-order valence-electron chi connectivity index (χ4n) is 0.838. The van der Waals surface area contributed by atoms with Crippen LogP contribution in [-0.4, -0.2) is 17.3 Å². The van der Waals surface area contributed by atoms with Crippen molar-refractivity contribution in [3.05, 3.63) is 11.9 Å². The monoisotopic (exact) mass is 198 g/mol. The Morgan fingerprint density at radius 2 is 2.07 bits per heavy atom. The van der Waals surface area contributed by atoms with Crippen LogP contribution in [0.3, 0.4) is 0 Å². The lowest BCUT2D eigenvalue weighted by atomic mass is 9.93. The maximum atomic E-state index is 10.2. The lowest BCUT2D eigenvalue weighted by Crippen LogP contribution is -2.09. The summed E-state index contributed by atoms with van der Waals surface area (Å²) in [5.74, 6) is -0.814. The minimum atomic E-state index is -0.814. The van der Waals surface area contributed by atoms with Crippen molar-refractivity contribution in [2.24, 2.45) is 16.1 Å². The largest absolute Gasteiger partial charge is 0.481 e. The molecule has 0 heterocycles. The maximum Gasteiger partial charge on any atom is 0.303 e. The molecule has 0 radical (unpaired) electrons. The lowest BCUT2D eigenvalue weighted by Gasteiger charge is -2.18. The Kier molecular flexibility index (Phi) is 4.91. The van der Waals surface area contributed by atoms with Gasteiger partial charge < -0.3 is 10.8 Å². The minimum absolute atomic E-state index is 0.103. The van der Waals surface area contributed by atoms with Crippen molar-refractivity contribution < 1.29 is 9.90 Å². The highest BCUT2D eigenvalue weighted by Gasteiger charge is 2.15. The summed E-state index contributed by atoms with van der Waals surface area (Å²) >= 11 is 0. The van der Waals surface area contributed by atoms with E-state index in [4.69, 9.17) is 10.8 Å². The molecule has 0 aliphatic carbocycles. The third kappa shape index (κ3) is 5.35. The number of carboxylic acid groups (broad SMARTS) is 1. The number of nitrogens with two attached hydrogens (primary N) is 1. The Hall–Kier alpha value is -1.32. The smallest absolute Gasteiger partial charge is 0.303 e. The van der Waals surface area contributed by atoms with E-state index in [0.29, 0.717) is 6.42 Å². The van der Waals surface area contributed by atoms with Crippen LogP contribution in [0, 0.1) is 5.41 Å². The first-order valence-corrected chi connectivity index (χ1v) is 4.54. The van der Waals surface area contributed by atoms with Crippen LogP contribution in [0.4, 0.5) is 0 Å². The molecule has 0 saturated carbocycles. The molecule has 0 spiro atoms. The fraction of sp³-hybridized carbons (Fsp3) is 0.600. The van der Waals surface area contributed by atoms with E-state index in [-0.39, 0.29) is 11.8 Å². The summed E-state index contributed by atoms with van der Waals surface area (Å²) < 4.78 is 0. The second-order valence-corrected chi connectivity index (χ2v) is 4.05. The van der Waals surface area contributed by atoms with E-state index in [0.717, 1.165) is 5.70 Å². The van der Waals surface area contributed by atoms with Gasteiger partial charge in [-0.25, -0.2) is 0 Å². The van der Waals surface area contributed by atoms with Crippen LogP contribution in [-0.2, 0) is 4.79 Å². The highest BCUT2D eigenvalue weighted by atomic mass is 16.4. The van der Waals surface area contributed by atoms with E-state index >= 15 is 0 Å². The standard InChI is InChI=1S/C10H18N2O2/c1-10(2,3)8(7-11)12-6-4-5-9(13)14/h6-7H,4-5,11H2,1-3H3,(H,13,14)/b8-7-,12-6?. The van der Waals surface area contributed by atoms with Gasteiger partial charge in [0.1, 0.15) is 0 Å². The average molecular weight is 198 g/mol. The van der Waals surface area contributed by atoms with E-state index < -0.39 is 5.97 Å². The summed E-state index contributed by atoms with van der Waals surface area (Å²) in [6, 6.07) is 0. The van der Waals surface area contributed by atoms with Gasteiger partial charge in [0.05, 0.1) is 12.1 Å². The summed E-state index contributed by atoms with van der Waals surface area (Å²) in [5, 5.41) is 8.39. The summed E-state index contributed by atoms with van der Waals surface area (Å²) in [5.41, 5.74) is 6.07. The molecule has 4 heteroatoms. The zero-order chi connectivity index (χ0) is 11.2. The third-order valence-electron chi connectivity index (χ3n) is 1.64. The zero-order valence-corrected chi connectivity index (χ0v) is 8.95. The van der Waals surface area contributed by atoms with Gasteiger partial charge in [0.25, 0.3) is 0 Å². The van der Waals surface area contributed by atoms with Crippen LogP contribution in [0.2, 0.25) is 0 Å². The average Bonchev–Trinajstić information content (AvgIpc) is 2.01. The molecule has 0 fully saturated rings. The van der Waals surface area contributed by atoms with Crippen molar-refractivity contribution in [2.45, 2.75) is 33.6 Å². The van der Waals surface area contributed by atoms with Crippen LogP contribution >= 0.6 is 0 Å². The van der Waals surface area contributed by atoms with Gasteiger partial charge in [-0.1, -0.05) is 20.8 Å². The molecule has 0 aliphatic heterocycles. The normalized spacial score (nSPS) is 13.5. The van der Waals surface area contributed by atoms with Crippen molar-refractivity contribution in [2.75, 3.05) is 0 Å². The molecule has 0 unspecified atom stereocenters. The molecule has 0 aliphatic rings. The van der Waals surface area contributed by atoms with Gasteiger partial charge >= 0.3 is 5.97 Å². The van der Waals surface area contributed by atoms with Gasteiger partial charge in [-0.05, 0) is 6.42 Å². The Bertz CT molecular complexity index is 249. The number of carboxylic acids is 1. The second-order valence-electron chi connectivity index (χ2n) is 4.05. The number of aliphatic imine (C=N–C) groups is 1. The van der Waals surface area contributed by atoms with Crippen LogP contribution in [0.5, 0.6) is 0 Å². The number of allylic oxidation sites excluding steroid dienone is 1. The lowest BCUT2D eigenvalue weighted by molar-refractivity contribution is -0.136. The van der Waals surface area contributed by atoms with Crippen molar-refractivity contribution in [3.63, 3.8) is 0 Å². The SMILES string of the molecule is CC(C)(C)/C(=C/N)N=CCCC(=O)O. The number of carbonyl (C=O) groups is 1. The molecule has 0 saturated heterocycles. The molecular weight excluding hydrogens is 180 g/mol. The number of nitrogens with zero attached hydrogens (tertiary/aromatic N) is 1. The van der Waals surface area contributed by atoms with Gasteiger partial charge in [-0.2, -0.15) is 0 Å². The molecule has 0 bridgehead atoms. The first-order valence-electron chi connectivity index (χ1n) is 4.54. The predicted octanol–water partition coefficient (Wildman–Crippen LogP) is 1.77. The highest BCUT2D eigenvalue weighted by Crippen LogP contribution is 2.24. The predicted molar refractivity (Wildman–Crippen MR) is 57.1 cm³/mol. The molecule has 4 nitrogen and oxygen atoms in total. The Balaban J connectivity index is 4.15.